The van der Waals surface area contributed by atoms with Gasteiger partial charge in [0.15, 0.2) is 5.92 Å². The van der Waals surface area contributed by atoms with Crippen LogP contribution in [0.1, 0.15) is 32.3 Å². The topological polar surface area (TPSA) is 83.8 Å². The third kappa shape index (κ3) is 3.76. The maximum atomic E-state index is 11.8. The highest BCUT2D eigenvalue weighted by Gasteiger charge is 2.32. The second kappa shape index (κ2) is 5.08. The maximum Gasteiger partial charge on any atom is 0.325 e. The van der Waals surface area contributed by atoms with Crippen molar-refractivity contribution >= 4 is 11.9 Å². The van der Waals surface area contributed by atoms with Gasteiger partial charge in [-0.2, -0.15) is 0 Å². The lowest BCUT2D eigenvalue weighted by Crippen LogP contribution is -2.31. The Bertz CT molecular complexity index is 441. The minimum atomic E-state index is -1.38. The molecule has 0 aliphatic carbocycles. The molecule has 0 aliphatic rings. The predicted molar refractivity (Wildman–Crippen MR) is 64.3 cm³/mol. The number of benzene rings is 1. The number of carbonyl (C=O) groups excluding carboxylic acids is 1. The molecule has 0 aliphatic heterocycles. The van der Waals surface area contributed by atoms with E-state index >= 15 is 0 Å². The lowest BCUT2D eigenvalue weighted by atomic mass is 9.99. The van der Waals surface area contributed by atoms with Gasteiger partial charge in [0.25, 0.3) is 0 Å². The fourth-order valence-corrected chi connectivity index (χ4v) is 1.41. The minimum Gasteiger partial charge on any atom is -0.508 e. The first-order chi connectivity index (χ1) is 8.20. The molecule has 0 heterocycles. The Morgan fingerprint density at radius 1 is 1.17 bits per heavy atom. The van der Waals surface area contributed by atoms with Gasteiger partial charge in [-0.15, -0.1) is 0 Å². The molecule has 1 rings (SSSR count). The van der Waals surface area contributed by atoms with Crippen LogP contribution in [0.4, 0.5) is 0 Å². The molecule has 0 aromatic heterocycles. The third-order valence-electron chi connectivity index (χ3n) is 2.12. The Hall–Kier alpha value is -2.04. The Balaban J connectivity index is 3.00. The summed E-state index contributed by atoms with van der Waals surface area (Å²) in [4.78, 5) is 23.0. The van der Waals surface area contributed by atoms with Crippen LogP contribution in [0.3, 0.4) is 0 Å². The van der Waals surface area contributed by atoms with Crippen molar-refractivity contribution in [2.45, 2.75) is 32.3 Å². The standard InChI is InChI=1S/C13H16O5/c1-13(2,3)18-12(17)10(11(15)16)8-4-6-9(14)7-5-8/h4-7,10,14H,1-3H3,(H,15,16). The number of aromatic hydroxyl groups is 1. The van der Waals surface area contributed by atoms with Gasteiger partial charge in [-0.3, -0.25) is 9.59 Å². The van der Waals surface area contributed by atoms with E-state index in [4.69, 9.17) is 14.9 Å². The summed E-state index contributed by atoms with van der Waals surface area (Å²) >= 11 is 0. The summed E-state index contributed by atoms with van der Waals surface area (Å²) in [5.74, 6) is -3.48. The average molecular weight is 252 g/mol. The zero-order valence-corrected chi connectivity index (χ0v) is 10.5. The molecule has 1 aromatic rings. The second-order valence-corrected chi connectivity index (χ2v) is 4.90. The molecule has 18 heavy (non-hydrogen) atoms. The van der Waals surface area contributed by atoms with Gasteiger partial charge >= 0.3 is 11.9 Å². The second-order valence-electron chi connectivity index (χ2n) is 4.90. The average Bonchev–Trinajstić information content (AvgIpc) is 2.18. The van der Waals surface area contributed by atoms with E-state index in [1.165, 1.54) is 24.3 Å². The highest BCUT2D eigenvalue weighted by Crippen LogP contribution is 2.23. The number of phenols is 1. The summed E-state index contributed by atoms with van der Waals surface area (Å²) in [6.45, 7) is 5.00. The highest BCUT2D eigenvalue weighted by molar-refractivity contribution is 6.00. The monoisotopic (exact) mass is 252 g/mol. The van der Waals surface area contributed by atoms with Crippen LogP contribution < -0.4 is 0 Å². The summed E-state index contributed by atoms with van der Waals surface area (Å²) in [7, 11) is 0. The molecule has 0 bridgehead atoms. The van der Waals surface area contributed by atoms with Crippen LogP contribution in [0.2, 0.25) is 0 Å². The summed E-state index contributed by atoms with van der Waals surface area (Å²) < 4.78 is 5.06. The number of phenolic OH excluding ortho intramolecular Hbond substituents is 1. The number of hydrogen-bond acceptors (Lipinski definition) is 4. The van der Waals surface area contributed by atoms with Crippen LogP contribution in [-0.4, -0.2) is 27.8 Å². The number of hydrogen-bond donors (Lipinski definition) is 2. The van der Waals surface area contributed by atoms with E-state index in [0.717, 1.165) is 0 Å². The first-order valence-electron chi connectivity index (χ1n) is 5.45. The van der Waals surface area contributed by atoms with Gasteiger partial charge in [-0.1, -0.05) is 12.1 Å². The summed E-state index contributed by atoms with van der Waals surface area (Å²) in [6.07, 6.45) is 0. The van der Waals surface area contributed by atoms with Gasteiger partial charge in [0, 0.05) is 0 Å². The fraction of sp³-hybridized carbons (Fsp3) is 0.385. The van der Waals surface area contributed by atoms with Crippen molar-refractivity contribution < 1.29 is 24.5 Å². The molecule has 0 saturated carbocycles. The molecule has 0 saturated heterocycles. The molecular weight excluding hydrogens is 236 g/mol. The van der Waals surface area contributed by atoms with Crippen LogP contribution in [0, 0.1) is 0 Å². The van der Waals surface area contributed by atoms with Crippen molar-refractivity contribution in [3.8, 4) is 5.75 Å². The smallest absolute Gasteiger partial charge is 0.325 e. The van der Waals surface area contributed by atoms with Crippen LogP contribution in [0.5, 0.6) is 5.75 Å². The van der Waals surface area contributed by atoms with Gasteiger partial charge in [0.05, 0.1) is 0 Å². The van der Waals surface area contributed by atoms with E-state index < -0.39 is 23.5 Å². The van der Waals surface area contributed by atoms with Crippen molar-refractivity contribution in [2.75, 3.05) is 0 Å². The summed E-state index contributed by atoms with van der Waals surface area (Å²) in [5, 5.41) is 18.2. The van der Waals surface area contributed by atoms with Crippen molar-refractivity contribution in [1.29, 1.82) is 0 Å². The Morgan fingerprint density at radius 3 is 2.06 bits per heavy atom. The molecule has 98 valence electrons. The molecule has 0 fully saturated rings. The lowest BCUT2D eigenvalue weighted by molar-refractivity contribution is -0.162. The Morgan fingerprint density at radius 2 is 1.67 bits per heavy atom. The molecule has 5 heteroatoms. The van der Waals surface area contributed by atoms with Crippen LogP contribution in [-0.2, 0) is 14.3 Å². The van der Waals surface area contributed by atoms with Crippen molar-refractivity contribution in [3.63, 3.8) is 0 Å². The van der Waals surface area contributed by atoms with Crippen molar-refractivity contribution in [1.82, 2.24) is 0 Å². The van der Waals surface area contributed by atoms with Crippen molar-refractivity contribution in [2.24, 2.45) is 0 Å². The fourth-order valence-electron chi connectivity index (χ4n) is 1.41. The molecule has 0 radical (unpaired) electrons. The highest BCUT2D eigenvalue weighted by atomic mass is 16.6. The van der Waals surface area contributed by atoms with Crippen LogP contribution >= 0.6 is 0 Å². The van der Waals surface area contributed by atoms with E-state index in [0.29, 0.717) is 0 Å². The van der Waals surface area contributed by atoms with E-state index in [1.807, 2.05) is 0 Å². The minimum absolute atomic E-state index is 0.00655. The molecule has 1 atom stereocenters. The Kier molecular flexibility index (Phi) is 3.96. The van der Waals surface area contributed by atoms with Gasteiger partial charge in [-0.25, -0.2) is 0 Å². The van der Waals surface area contributed by atoms with E-state index in [-0.39, 0.29) is 11.3 Å². The van der Waals surface area contributed by atoms with Gasteiger partial charge in [-0.05, 0) is 38.5 Å². The number of ether oxygens (including phenoxy) is 1. The van der Waals surface area contributed by atoms with Gasteiger partial charge in [0.1, 0.15) is 11.4 Å². The van der Waals surface area contributed by atoms with E-state index in [2.05, 4.69) is 0 Å². The first-order valence-corrected chi connectivity index (χ1v) is 5.45. The third-order valence-corrected chi connectivity index (χ3v) is 2.12. The van der Waals surface area contributed by atoms with Crippen molar-refractivity contribution in [3.05, 3.63) is 29.8 Å². The normalized spacial score (nSPS) is 12.8. The molecule has 5 nitrogen and oxygen atoms in total. The van der Waals surface area contributed by atoms with Crippen LogP contribution in [0.25, 0.3) is 0 Å². The number of carboxylic acids is 1. The van der Waals surface area contributed by atoms with Gasteiger partial charge in [0.2, 0.25) is 0 Å². The van der Waals surface area contributed by atoms with E-state index in [9.17, 15) is 9.59 Å². The van der Waals surface area contributed by atoms with E-state index in [1.54, 1.807) is 20.8 Å². The SMILES string of the molecule is CC(C)(C)OC(=O)C(C(=O)O)c1ccc(O)cc1. The number of aliphatic carboxylic acids is 1. The molecule has 1 unspecified atom stereocenters. The largest absolute Gasteiger partial charge is 0.508 e. The predicted octanol–water partition coefficient (Wildman–Crippen LogP) is 1.90. The zero-order valence-electron chi connectivity index (χ0n) is 10.5. The molecule has 1 aromatic carbocycles. The quantitative estimate of drug-likeness (QED) is 0.634. The number of esters is 1. The molecule has 2 N–H and O–H groups in total. The van der Waals surface area contributed by atoms with Crippen LogP contribution in [0.15, 0.2) is 24.3 Å². The molecule has 0 amide bonds. The van der Waals surface area contributed by atoms with Gasteiger partial charge < -0.3 is 14.9 Å². The molecular formula is C13H16O5. The Labute approximate surface area is 105 Å². The number of carbonyl (C=O) groups is 2. The lowest BCUT2D eigenvalue weighted by Gasteiger charge is -2.22. The summed E-state index contributed by atoms with van der Waals surface area (Å²) in [6, 6.07) is 5.43. The zero-order chi connectivity index (χ0) is 13.9. The number of carboxylic acid groups (broad SMARTS) is 1. The number of rotatable bonds is 3. The molecule has 0 spiro atoms. The maximum absolute atomic E-state index is 11.8. The summed E-state index contributed by atoms with van der Waals surface area (Å²) in [5.41, 5.74) is -0.476. The first kappa shape index (κ1) is 14.0.